The van der Waals surface area contributed by atoms with E-state index in [1.165, 1.54) is 0 Å². The summed E-state index contributed by atoms with van der Waals surface area (Å²) in [6.45, 7) is 1.16. The molecule has 6 nitrogen and oxygen atoms in total. The highest BCUT2D eigenvalue weighted by Crippen LogP contribution is 2.39. The lowest BCUT2D eigenvalue weighted by molar-refractivity contribution is -0.173. The van der Waals surface area contributed by atoms with Gasteiger partial charge in [-0.1, -0.05) is 0 Å². The maximum Gasteiger partial charge on any atom is 0.351 e. The van der Waals surface area contributed by atoms with Crippen LogP contribution in [0.25, 0.3) is 0 Å². The number of ether oxygens (including phenoxy) is 2. The number of rotatable bonds is 1. The van der Waals surface area contributed by atoms with Crippen molar-refractivity contribution in [2.45, 2.75) is 37.6 Å². The minimum atomic E-state index is -1.45. The molecule has 0 aromatic heterocycles. The standard InChI is InChI=1S/C9H10O6/c1-4(10)15-9-2-5(11)7(12)6(3-9)14-8(9)13/h5-6,11H,2-3H2,1H3/t5-,6-,9+/m1/s1. The van der Waals surface area contributed by atoms with Crippen molar-refractivity contribution in [3.63, 3.8) is 0 Å². The Morgan fingerprint density at radius 2 is 2.20 bits per heavy atom. The molecule has 1 N–H and O–H groups in total. The first-order chi connectivity index (χ1) is 6.94. The van der Waals surface area contributed by atoms with Crippen LogP contribution >= 0.6 is 0 Å². The highest BCUT2D eigenvalue weighted by molar-refractivity contribution is 5.98. The molecular weight excluding hydrogens is 204 g/mol. The molecule has 1 saturated carbocycles. The third kappa shape index (κ3) is 1.41. The van der Waals surface area contributed by atoms with E-state index in [9.17, 15) is 19.5 Å². The van der Waals surface area contributed by atoms with Gasteiger partial charge in [0.15, 0.2) is 6.10 Å². The molecule has 0 aromatic rings. The summed E-state index contributed by atoms with van der Waals surface area (Å²) in [6, 6.07) is 0. The van der Waals surface area contributed by atoms with Gasteiger partial charge in [-0.3, -0.25) is 9.59 Å². The van der Waals surface area contributed by atoms with Crippen molar-refractivity contribution in [3.8, 4) is 0 Å². The summed E-state index contributed by atoms with van der Waals surface area (Å²) < 4.78 is 9.62. The molecule has 3 atom stereocenters. The van der Waals surface area contributed by atoms with Crippen LogP contribution in [0, 0.1) is 0 Å². The second kappa shape index (κ2) is 3.03. The quantitative estimate of drug-likeness (QED) is 0.559. The van der Waals surface area contributed by atoms with Gasteiger partial charge in [-0.25, -0.2) is 4.79 Å². The van der Waals surface area contributed by atoms with Crippen LogP contribution in [0.3, 0.4) is 0 Å². The normalized spacial score (nSPS) is 38.8. The van der Waals surface area contributed by atoms with Gasteiger partial charge in [-0.05, 0) is 0 Å². The van der Waals surface area contributed by atoms with Crippen molar-refractivity contribution in [1.82, 2.24) is 0 Å². The highest BCUT2D eigenvalue weighted by Gasteiger charge is 2.60. The number of aliphatic hydroxyl groups excluding tert-OH is 1. The molecule has 2 bridgehead atoms. The molecule has 0 aromatic carbocycles. The number of ketones is 1. The molecule has 6 heteroatoms. The Kier molecular flexibility index (Phi) is 2.04. The summed E-state index contributed by atoms with van der Waals surface area (Å²) in [6.07, 6.45) is -2.46. The largest absolute Gasteiger partial charge is 0.451 e. The molecule has 0 amide bonds. The number of aliphatic hydroxyl groups is 1. The lowest BCUT2D eigenvalue weighted by Gasteiger charge is -2.29. The average Bonchev–Trinajstić information content (AvgIpc) is 2.37. The zero-order valence-electron chi connectivity index (χ0n) is 8.06. The summed E-state index contributed by atoms with van der Waals surface area (Å²) in [5.41, 5.74) is -1.45. The van der Waals surface area contributed by atoms with Gasteiger partial charge >= 0.3 is 11.9 Å². The van der Waals surface area contributed by atoms with Crippen LogP contribution in [0.4, 0.5) is 0 Å². The summed E-state index contributed by atoms with van der Waals surface area (Å²) >= 11 is 0. The lowest BCUT2D eigenvalue weighted by Crippen LogP contribution is -2.48. The van der Waals surface area contributed by atoms with E-state index in [0.717, 1.165) is 6.92 Å². The fourth-order valence-corrected chi connectivity index (χ4v) is 2.01. The van der Waals surface area contributed by atoms with Gasteiger partial charge in [-0.2, -0.15) is 0 Å². The minimum Gasteiger partial charge on any atom is -0.451 e. The zero-order chi connectivity index (χ0) is 11.2. The van der Waals surface area contributed by atoms with Crippen LogP contribution < -0.4 is 0 Å². The Morgan fingerprint density at radius 3 is 2.80 bits per heavy atom. The van der Waals surface area contributed by atoms with Crippen LogP contribution in [0.2, 0.25) is 0 Å². The predicted molar refractivity (Wildman–Crippen MR) is 44.6 cm³/mol. The van der Waals surface area contributed by atoms with E-state index in [1.807, 2.05) is 0 Å². The van der Waals surface area contributed by atoms with Gasteiger partial charge in [0.25, 0.3) is 0 Å². The zero-order valence-corrected chi connectivity index (χ0v) is 8.06. The van der Waals surface area contributed by atoms with E-state index in [0.29, 0.717) is 0 Å². The number of carbonyl (C=O) groups is 3. The molecule has 1 aliphatic heterocycles. The van der Waals surface area contributed by atoms with E-state index >= 15 is 0 Å². The molecule has 0 radical (unpaired) electrons. The molecule has 2 fully saturated rings. The molecule has 1 aliphatic carbocycles. The van der Waals surface area contributed by atoms with Crippen molar-refractivity contribution in [1.29, 1.82) is 0 Å². The van der Waals surface area contributed by atoms with Crippen LogP contribution in [0.1, 0.15) is 19.8 Å². The second-order valence-electron chi connectivity index (χ2n) is 3.81. The first kappa shape index (κ1) is 10.1. The molecule has 0 spiro atoms. The van der Waals surface area contributed by atoms with Gasteiger partial charge in [0.2, 0.25) is 11.4 Å². The lowest BCUT2D eigenvalue weighted by atomic mass is 9.83. The number of hydrogen-bond donors (Lipinski definition) is 1. The van der Waals surface area contributed by atoms with Crippen LogP contribution in [0.5, 0.6) is 0 Å². The molecular formula is C9H10O6. The monoisotopic (exact) mass is 214 g/mol. The SMILES string of the molecule is CC(=O)O[C@@]12C[C@@H](O)C(=O)[C@@H](C1)OC2=O. The molecule has 2 aliphatic rings. The van der Waals surface area contributed by atoms with Crippen molar-refractivity contribution < 1.29 is 29.0 Å². The summed E-state index contributed by atoms with van der Waals surface area (Å²) in [5, 5.41) is 9.38. The summed E-state index contributed by atoms with van der Waals surface area (Å²) in [7, 11) is 0. The third-order valence-electron chi connectivity index (χ3n) is 2.64. The summed E-state index contributed by atoms with van der Waals surface area (Å²) in [4.78, 5) is 33.6. The van der Waals surface area contributed by atoms with Gasteiger partial charge in [0.05, 0.1) is 0 Å². The fourth-order valence-electron chi connectivity index (χ4n) is 2.01. The fraction of sp³-hybridized carbons (Fsp3) is 0.667. The van der Waals surface area contributed by atoms with Gasteiger partial charge < -0.3 is 14.6 Å². The molecule has 15 heavy (non-hydrogen) atoms. The van der Waals surface area contributed by atoms with Crippen LogP contribution in [-0.2, 0) is 23.9 Å². The average molecular weight is 214 g/mol. The van der Waals surface area contributed by atoms with Gasteiger partial charge in [-0.15, -0.1) is 0 Å². The van der Waals surface area contributed by atoms with Gasteiger partial charge in [0, 0.05) is 19.8 Å². The molecule has 1 saturated heterocycles. The van der Waals surface area contributed by atoms with E-state index in [4.69, 9.17) is 9.47 Å². The minimum absolute atomic E-state index is 0.0152. The van der Waals surface area contributed by atoms with Crippen molar-refractivity contribution in [3.05, 3.63) is 0 Å². The van der Waals surface area contributed by atoms with E-state index in [-0.39, 0.29) is 12.8 Å². The Morgan fingerprint density at radius 1 is 1.53 bits per heavy atom. The molecule has 1 heterocycles. The molecule has 2 rings (SSSR count). The van der Waals surface area contributed by atoms with E-state index in [2.05, 4.69) is 0 Å². The van der Waals surface area contributed by atoms with Crippen molar-refractivity contribution in [2.24, 2.45) is 0 Å². The number of fused-ring (bicyclic) bond motifs is 2. The predicted octanol–water partition coefficient (Wildman–Crippen LogP) is -1.06. The van der Waals surface area contributed by atoms with Gasteiger partial charge in [0.1, 0.15) is 6.10 Å². The topological polar surface area (TPSA) is 89.9 Å². The number of hydrogen-bond acceptors (Lipinski definition) is 6. The Bertz CT molecular complexity index is 349. The smallest absolute Gasteiger partial charge is 0.351 e. The van der Waals surface area contributed by atoms with Crippen LogP contribution in [0.15, 0.2) is 0 Å². The van der Waals surface area contributed by atoms with Crippen LogP contribution in [-0.4, -0.2) is 40.6 Å². The number of esters is 2. The van der Waals surface area contributed by atoms with Crippen molar-refractivity contribution in [2.75, 3.05) is 0 Å². The molecule has 82 valence electrons. The maximum absolute atomic E-state index is 11.4. The number of carbonyl (C=O) groups excluding carboxylic acids is 3. The maximum atomic E-state index is 11.4. The first-order valence-electron chi connectivity index (χ1n) is 4.57. The van der Waals surface area contributed by atoms with E-state index < -0.39 is 35.5 Å². The van der Waals surface area contributed by atoms with E-state index in [1.54, 1.807) is 0 Å². The highest BCUT2D eigenvalue weighted by atomic mass is 16.6. The first-order valence-corrected chi connectivity index (χ1v) is 4.57. The molecule has 0 unspecified atom stereocenters. The second-order valence-corrected chi connectivity index (χ2v) is 3.81. The van der Waals surface area contributed by atoms with Crippen molar-refractivity contribution >= 4 is 17.7 Å². The summed E-state index contributed by atoms with van der Waals surface area (Å²) in [5.74, 6) is -1.90. The Hall–Kier alpha value is -1.43. The third-order valence-corrected chi connectivity index (χ3v) is 2.64. The number of Topliss-reactive ketones (excluding diaryl/α,β-unsaturated/α-hetero) is 1. The Balaban J connectivity index is 2.29. The Labute approximate surface area is 85.2 Å².